The molecule has 2 amide bonds. The zero-order valence-corrected chi connectivity index (χ0v) is 13.5. The molecule has 2 unspecified atom stereocenters. The Hall–Kier alpha value is -1.98. The molecule has 1 aromatic heterocycles. The number of anilines is 1. The van der Waals surface area contributed by atoms with E-state index in [1.165, 1.54) is 0 Å². The van der Waals surface area contributed by atoms with E-state index in [0.717, 1.165) is 0 Å². The van der Waals surface area contributed by atoms with Crippen LogP contribution in [0.25, 0.3) is 0 Å². The molecule has 120 valence electrons. The van der Waals surface area contributed by atoms with E-state index in [9.17, 15) is 9.59 Å². The summed E-state index contributed by atoms with van der Waals surface area (Å²) in [5, 5.41) is 6.18. The second kappa shape index (κ2) is 6.64. The third kappa shape index (κ3) is 3.68. The van der Waals surface area contributed by atoms with E-state index in [1.54, 1.807) is 36.6 Å². The van der Waals surface area contributed by atoms with Crippen LogP contribution in [-0.4, -0.2) is 11.8 Å². The molecule has 0 bridgehead atoms. The maximum absolute atomic E-state index is 12.2. The van der Waals surface area contributed by atoms with Gasteiger partial charge in [0, 0.05) is 0 Å². The number of hydrogen-bond donors (Lipinski definition) is 2. The summed E-state index contributed by atoms with van der Waals surface area (Å²) < 4.78 is 5.14. The molecule has 7 heteroatoms. The van der Waals surface area contributed by atoms with E-state index in [1.807, 2.05) is 0 Å². The Balaban J connectivity index is 1.53. The molecular formula is C16H14Cl2N2O3. The first kappa shape index (κ1) is 15.9. The molecule has 2 N–H and O–H groups in total. The summed E-state index contributed by atoms with van der Waals surface area (Å²) in [5.74, 6) is -0.432. The summed E-state index contributed by atoms with van der Waals surface area (Å²) in [5.41, 5.74) is 0.377. The smallest absolute Gasteiger partial charge is 0.228 e. The van der Waals surface area contributed by atoms with Crippen molar-refractivity contribution in [2.75, 3.05) is 5.32 Å². The largest absolute Gasteiger partial charge is 0.467 e. The minimum Gasteiger partial charge on any atom is -0.467 e. The zero-order chi connectivity index (χ0) is 16.4. The molecular weight excluding hydrogens is 339 g/mol. The monoisotopic (exact) mass is 352 g/mol. The molecule has 2 atom stereocenters. The number of halogens is 2. The van der Waals surface area contributed by atoms with Crippen molar-refractivity contribution in [3.63, 3.8) is 0 Å². The predicted molar refractivity (Wildman–Crippen MR) is 87.2 cm³/mol. The molecule has 1 aromatic carbocycles. The number of hydrogen-bond acceptors (Lipinski definition) is 3. The highest BCUT2D eigenvalue weighted by atomic mass is 35.5. The van der Waals surface area contributed by atoms with E-state index in [4.69, 9.17) is 27.6 Å². The summed E-state index contributed by atoms with van der Waals surface area (Å²) >= 11 is 12.0. The van der Waals surface area contributed by atoms with Crippen LogP contribution in [0.1, 0.15) is 12.2 Å². The van der Waals surface area contributed by atoms with Gasteiger partial charge in [0.05, 0.1) is 40.4 Å². The van der Waals surface area contributed by atoms with E-state index >= 15 is 0 Å². The first-order valence-electron chi connectivity index (χ1n) is 7.11. The number of amides is 2. The Morgan fingerprint density at radius 3 is 2.43 bits per heavy atom. The lowest BCUT2D eigenvalue weighted by Gasteiger charge is -2.09. The van der Waals surface area contributed by atoms with Gasteiger partial charge < -0.3 is 15.1 Å². The van der Waals surface area contributed by atoms with Crippen molar-refractivity contribution >= 4 is 40.7 Å². The highest BCUT2D eigenvalue weighted by Gasteiger charge is 2.48. The Morgan fingerprint density at radius 1 is 1.09 bits per heavy atom. The topological polar surface area (TPSA) is 71.3 Å². The Kier molecular flexibility index (Phi) is 4.59. The third-order valence-corrected chi connectivity index (χ3v) is 4.32. The minimum absolute atomic E-state index is 0.160. The summed E-state index contributed by atoms with van der Waals surface area (Å²) in [7, 11) is 0. The van der Waals surface area contributed by atoms with Crippen LogP contribution in [0.3, 0.4) is 0 Å². The van der Waals surface area contributed by atoms with Crippen LogP contribution in [0.15, 0.2) is 41.0 Å². The first-order chi connectivity index (χ1) is 11.1. The van der Waals surface area contributed by atoms with Crippen LogP contribution in [0.5, 0.6) is 0 Å². The number of furan rings is 1. The van der Waals surface area contributed by atoms with E-state index in [2.05, 4.69) is 10.6 Å². The molecule has 0 aliphatic heterocycles. The van der Waals surface area contributed by atoms with Gasteiger partial charge in [-0.2, -0.15) is 0 Å². The van der Waals surface area contributed by atoms with Gasteiger partial charge in [-0.3, -0.25) is 9.59 Å². The molecule has 3 rings (SSSR count). The van der Waals surface area contributed by atoms with Crippen LogP contribution < -0.4 is 10.6 Å². The maximum atomic E-state index is 12.2. The highest BCUT2D eigenvalue weighted by Crippen LogP contribution is 2.40. The molecule has 1 saturated carbocycles. The molecule has 1 fully saturated rings. The fourth-order valence-electron chi connectivity index (χ4n) is 2.33. The Labute approximate surface area is 142 Å². The van der Waals surface area contributed by atoms with Crippen LogP contribution in [-0.2, 0) is 16.1 Å². The molecule has 0 saturated heterocycles. The van der Waals surface area contributed by atoms with E-state index in [-0.39, 0.29) is 23.7 Å². The van der Waals surface area contributed by atoms with Gasteiger partial charge >= 0.3 is 0 Å². The number of benzene rings is 1. The molecule has 23 heavy (non-hydrogen) atoms. The molecule has 1 aliphatic carbocycles. The van der Waals surface area contributed by atoms with Gasteiger partial charge in [-0.15, -0.1) is 0 Å². The molecule has 2 aromatic rings. The average molecular weight is 353 g/mol. The molecule has 0 radical (unpaired) electrons. The van der Waals surface area contributed by atoms with Crippen LogP contribution >= 0.6 is 23.2 Å². The maximum Gasteiger partial charge on any atom is 0.228 e. The van der Waals surface area contributed by atoms with Crippen LogP contribution in [0.2, 0.25) is 10.0 Å². The predicted octanol–water partition coefficient (Wildman–Crippen LogP) is 3.48. The standard InChI is InChI=1S/C16H14Cl2N2O3/c17-12-4-1-5-13(18)14(12)20-16(22)11-7-10(11)15(21)19-8-9-3-2-6-23-9/h1-6,10-11H,7-8H2,(H,19,21)(H,20,22). The molecule has 5 nitrogen and oxygen atoms in total. The first-order valence-corrected chi connectivity index (χ1v) is 7.87. The zero-order valence-electron chi connectivity index (χ0n) is 12.0. The number of carbonyl (C=O) groups excluding carboxylic acids is 2. The summed E-state index contributed by atoms with van der Waals surface area (Å²) in [6.45, 7) is 0.313. The number of rotatable bonds is 5. The van der Waals surface area contributed by atoms with Crippen molar-refractivity contribution in [3.05, 3.63) is 52.4 Å². The van der Waals surface area contributed by atoms with E-state index in [0.29, 0.717) is 34.5 Å². The number of nitrogens with one attached hydrogen (secondary N) is 2. The van der Waals surface area contributed by atoms with Crippen molar-refractivity contribution < 1.29 is 14.0 Å². The van der Waals surface area contributed by atoms with Gasteiger partial charge in [0.25, 0.3) is 0 Å². The lowest BCUT2D eigenvalue weighted by Crippen LogP contribution is -2.27. The van der Waals surface area contributed by atoms with Crippen molar-refractivity contribution in [2.24, 2.45) is 11.8 Å². The van der Waals surface area contributed by atoms with E-state index < -0.39 is 0 Å². The Bertz CT molecular complexity index is 711. The Morgan fingerprint density at radius 2 is 1.78 bits per heavy atom. The number of carbonyl (C=O) groups is 2. The second-order valence-electron chi connectivity index (χ2n) is 5.33. The van der Waals surface area contributed by atoms with Crippen LogP contribution in [0, 0.1) is 11.8 Å². The molecule has 1 aliphatic rings. The number of para-hydroxylation sites is 1. The van der Waals surface area contributed by atoms with Crippen molar-refractivity contribution in [1.82, 2.24) is 5.32 Å². The van der Waals surface area contributed by atoms with Gasteiger partial charge in [-0.1, -0.05) is 29.3 Å². The van der Waals surface area contributed by atoms with Gasteiger partial charge in [0.15, 0.2) is 0 Å². The quantitative estimate of drug-likeness (QED) is 0.865. The molecule has 0 spiro atoms. The lowest BCUT2D eigenvalue weighted by atomic mass is 10.2. The summed E-state index contributed by atoms with van der Waals surface area (Å²) in [4.78, 5) is 24.2. The van der Waals surface area contributed by atoms with Crippen molar-refractivity contribution in [2.45, 2.75) is 13.0 Å². The van der Waals surface area contributed by atoms with Crippen molar-refractivity contribution in [1.29, 1.82) is 0 Å². The van der Waals surface area contributed by atoms with Gasteiger partial charge in [-0.25, -0.2) is 0 Å². The normalized spacial score (nSPS) is 19.2. The van der Waals surface area contributed by atoms with Gasteiger partial charge in [0.2, 0.25) is 11.8 Å². The third-order valence-electron chi connectivity index (χ3n) is 3.69. The highest BCUT2D eigenvalue weighted by molar-refractivity contribution is 6.39. The van der Waals surface area contributed by atoms with Crippen LogP contribution in [0.4, 0.5) is 5.69 Å². The van der Waals surface area contributed by atoms with Gasteiger partial charge in [-0.05, 0) is 30.7 Å². The fourth-order valence-corrected chi connectivity index (χ4v) is 2.82. The summed E-state index contributed by atoms with van der Waals surface area (Å²) in [6.07, 6.45) is 2.06. The lowest BCUT2D eigenvalue weighted by molar-refractivity contribution is -0.125. The average Bonchev–Trinajstić information content (AvgIpc) is 3.16. The SMILES string of the molecule is O=C(NCc1ccco1)C1CC1C(=O)Nc1c(Cl)cccc1Cl. The molecule has 1 heterocycles. The van der Waals surface area contributed by atoms with Crippen molar-refractivity contribution in [3.8, 4) is 0 Å². The summed E-state index contributed by atoms with van der Waals surface area (Å²) in [6, 6.07) is 8.51. The fraction of sp³-hybridized carbons (Fsp3) is 0.250. The van der Waals surface area contributed by atoms with Gasteiger partial charge in [0.1, 0.15) is 5.76 Å². The minimum atomic E-state index is -0.362. The second-order valence-corrected chi connectivity index (χ2v) is 6.15.